The van der Waals surface area contributed by atoms with Gasteiger partial charge < -0.3 is 0 Å². The van der Waals surface area contributed by atoms with E-state index in [0.717, 1.165) is 0 Å². The van der Waals surface area contributed by atoms with E-state index in [1.54, 1.807) is 30.3 Å². The standard InChI is InChI=1S/C12H10O4S/c1-8(13)10-7-6-9-4-2-3-5-11(9)12(10)17(14,15)16/h2-7H,1H3,(H,14,15,16). The second-order valence-corrected chi connectivity index (χ2v) is 5.05. The van der Waals surface area contributed by atoms with E-state index in [1.165, 1.54) is 13.0 Å². The zero-order valence-corrected chi connectivity index (χ0v) is 9.86. The third kappa shape index (κ3) is 2.07. The Morgan fingerprint density at radius 3 is 2.35 bits per heavy atom. The summed E-state index contributed by atoms with van der Waals surface area (Å²) in [4.78, 5) is 11.1. The fourth-order valence-electron chi connectivity index (χ4n) is 1.80. The molecule has 2 rings (SSSR count). The molecule has 0 unspecified atom stereocenters. The Bertz CT molecular complexity index is 702. The summed E-state index contributed by atoms with van der Waals surface area (Å²) in [5, 5.41) is 1.01. The maximum atomic E-state index is 11.4. The van der Waals surface area contributed by atoms with E-state index >= 15 is 0 Å². The number of Topliss-reactive ketones (excluding diaryl/α,β-unsaturated/α-hetero) is 1. The molecule has 0 saturated carbocycles. The number of hydrogen-bond donors (Lipinski definition) is 1. The van der Waals surface area contributed by atoms with E-state index in [9.17, 15) is 17.8 Å². The summed E-state index contributed by atoms with van der Waals surface area (Å²) in [5.74, 6) is -0.400. The van der Waals surface area contributed by atoms with Gasteiger partial charge in [0.2, 0.25) is 0 Å². The Labute approximate surface area is 98.6 Å². The molecule has 0 bridgehead atoms. The molecule has 5 heteroatoms. The molecule has 0 amide bonds. The van der Waals surface area contributed by atoms with Crippen molar-refractivity contribution in [2.75, 3.05) is 0 Å². The van der Waals surface area contributed by atoms with Gasteiger partial charge in [-0.2, -0.15) is 8.42 Å². The number of benzene rings is 2. The summed E-state index contributed by atoms with van der Waals surface area (Å²) in [6.07, 6.45) is 0. The van der Waals surface area contributed by atoms with E-state index in [1.807, 2.05) is 0 Å². The summed E-state index contributed by atoms with van der Waals surface area (Å²) in [6, 6.07) is 9.75. The molecule has 4 nitrogen and oxygen atoms in total. The van der Waals surface area contributed by atoms with Crippen molar-refractivity contribution in [2.24, 2.45) is 0 Å². The molecule has 0 heterocycles. The van der Waals surface area contributed by atoms with Crippen LogP contribution >= 0.6 is 0 Å². The Morgan fingerprint density at radius 2 is 1.76 bits per heavy atom. The van der Waals surface area contributed by atoms with Crippen LogP contribution in [-0.2, 0) is 10.1 Å². The number of fused-ring (bicyclic) bond motifs is 1. The first-order valence-corrected chi connectivity index (χ1v) is 6.35. The van der Waals surface area contributed by atoms with Crippen molar-refractivity contribution >= 4 is 26.7 Å². The lowest BCUT2D eigenvalue weighted by Crippen LogP contribution is -2.07. The number of hydrogen-bond acceptors (Lipinski definition) is 3. The van der Waals surface area contributed by atoms with E-state index in [-0.39, 0.29) is 10.5 Å². The summed E-state index contributed by atoms with van der Waals surface area (Å²) in [7, 11) is -4.43. The molecule has 2 aromatic rings. The molecule has 0 aliphatic rings. The van der Waals surface area contributed by atoms with Crippen LogP contribution in [0.4, 0.5) is 0 Å². The maximum absolute atomic E-state index is 11.4. The van der Waals surface area contributed by atoms with Crippen LogP contribution in [0.1, 0.15) is 17.3 Å². The molecule has 0 saturated heterocycles. The first-order valence-electron chi connectivity index (χ1n) is 4.91. The first-order chi connectivity index (χ1) is 7.91. The molecule has 0 fully saturated rings. The van der Waals surface area contributed by atoms with Crippen LogP contribution in [0.3, 0.4) is 0 Å². The lowest BCUT2D eigenvalue weighted by Gasteiger charge is -2.08. The van der Waals surface area contributed by atoms with Crippen molar-refractivity contribution < 1.29 is 17.8 Å². The second-order valence-electron chi connectivity index (χ2n) is 3.69. The predicted octanol–water partition coefficient (Wildman–Crippen LogP) is 2.29. The van der Waals surface area contributed by atoms with Gasteiger partial charge in [-0.3, -0.25) is 9.35 Å². The number of rotatable bonds is 2. The van der Waals surface area contributed by atoms with Crippen molar-refractivity contribution in [1.82, 2.24) is 0 Å². The average Bonchev–Trinajstić information content (AvgIpc) is 2.26. The van der Waals surface area contributed by atoms with Gasteiger partial charge in [0.25, 0.3) is 10.1 Å². The van der Waals surface area contributed by atoms with Crippen LogP contribution < -0.4 is 0 Å². The zero-order valence-electron chi connectivity index (χ0n) is 9.04. The van der Waals surface area contributed by atoms with Crippen molar-refractivity contribution in [1.29, 1.82) is 0 Å². The molecule has 0 aliphatic heterocycles. The molecular formula is C12H10O4S. The number of ketones is 1. The molecule has 0 radical (unpaired) electrons. The highest BCUT2D eigenvalue weighted by atomic mass is 32.2. The Kier molecular flexibility index (Phi) is 2.73. The highest BCUT2D eigenvalue weighted by Crippen LogP contribution is 2.26. The van der Waals surface area contributed by atoms with Gasteiger partial charge in [0.1, 0.15) is 4.90 Å². The molecule has 2 aromatic carbocycles. The van der Waals surface area contributed by atoms with Crippen molar-refractivity contribution in [3.8, 4) is 0 Å². The fourth-order valence-corrected chi connectivity index (χ4v) is 2.75. The van der Waals surface area contributed by atoms with Gasteiger partial charge in [0.05, 0.1) is 0 Å². The molecular weight excluding hydrogens is 240 g/mol. The highest BCUT2D eigenvalue weighted by molar-refractivity contribution is 7.86. The summed E-state index contributed by atoms with van der Waals surface area (Å²) in [5.41, 5.74) is 0.00574. The highest BCUT2D eigenvalue weighted by Gasteiger charge is 2.21. The molecule has 0 spiro atoms. The van der Waals surface area contributed by atoms with E-state index in [0.29, 0.717) is 10.8 Å². The topological polar surface area (TPSA) is 71.4 Å². The fraction of sp³-hybridized carbons (Fsp3) is 0.0833. The van der Waals surface area contributed by atoms with Gasteiger partial charge in [0, 0.05) is 10.9 Å². The van der Waals surface area contributed by atoms with Gasteiger partial charge >= 0.3 is 0 Å². The van der Waals surface area contributed by atoms with E-state index in [2.05, 4.69) is 0 Å². The van der Waals surface area contributed by atoms with Crippen LogP contribution in [0.2, 0.25) is 0 Å². The predicted molar refractivity (Wildman–Crippen MR) is 63.8 cm³/mol. The van der Waals surface area contributed by atoms with Crippen molar-refractivity contribution in [2.45, 2.75) is 11.8 Å². The normalized spacial score (nSPS) is 11.6. The molecule has 0 aromatic heterocycles. The first kappa shape index (κ1) is 11.8. The minimum absolute atomic E-state index is 0.00574. The third-order valence-electron chi connectivity index (χ3n) is 2.52. The van der Waals surface area contributed by atoms with Crippen LogP contribution in [0.5, 0.6) is 0 Å². The lowest BCUT2D eigenvalue weighted by atomic mass is 10.0. The number of carbonyl (C=O) groups excluding carboxylic acids is 1. The third-order valence-corrected chi connectivity index (χ3v) is 3.47. The SMILES string of the molecule is CC(=O)c1ccc2ccccc2c1S(=O)(=O)O. The molecule has 0 atom stereocenters. The minimum Gasteiger partial charge on any atom is -0.294 e. The van der Waals surface area contributed by atoms with Crippen LogP contribution in [-0.4, -0.2) is 18.8 Å². The molecule has 17 heavy (non-hydrogen) atoms. The Balaban J connectivity index is 3.00. The molecule has 88 valence electrons. The molecule has 1 N–H and O–H groups in total. The number of carbonyl (C=O) groups is 1. The Morgan fingerprint density at radius 1 is 1.12 bits per heavy atom. The summed E-state index contributed by atoms with van der Waals surface area (Å²) in [6.45, 7) is 1.26. The van der Waals surface area contributed by atoms with Crippen LogP contribution in [0, 0.1) is 0 Å². The summed E-state index contributed by atoms with van der Waals surface area (Å²) >= 11 is 0. The van der Waals surface area contributed by atoms with Crippen LogP contribution in [0.25, 0.3) is 10.8 Å². The van der Waals surface area contributed by atoms with Gasteiger partial charge in [-0.15, -0.1) is 0 Å². The maximum Gasteiger partial charge on any atom is 0.295 e. The Hall–Kier alpha value is -1.72. The van der Waals surface area contributed by atoms with E-state index in [4.69, 9.17) is 0 Å². The van der Waals surface area contributed by atoms with Crippen LogP contribution in [0.15, 0.2) is 41.3 Å². The van der Waals surface area contributed by atoms with Crippen molar-refractivity contribution in [3.05, 3.63) is 42.0 Å². The average molecular weight is 250 g/mol. The van der Waals surface area contributed by atoms with Gasteiger partial charge in [0.15, 0.2) is 5.78 Å². The quantitative estimate of drug-likeness (QED) is 0.655. The smallest absolute Gasteiger partial charge is 0.294 e. The van der Waals surface area contributed by atoms with Gasteiger partial charge in [-0.05, 0) is 18.4 Å². The zero-order chi connectivity index (χ0) is 12.6. The lowest BCUT2D eigenvalue weighted by molar-refractivity contribution is 0.101. The largest absolute Gasteiger partial charge is 0.295 e. The minimum atomic E-state index is -4.43. The van der Waals surface area contributed by atoms with Gasteiger partial charge in [-0.1, -0.05) is 30.3 Å². The van der Waals surface area contributed by atoms with Crippen molar-refractivity contribution in [3.63, 3.8) is 0 Å². The van der Waals surface area contributed by atoms with E-state index < -0.39 is 15.9 Å². The summed E-state index contributed by atoms with van der Waals surface area (Å²) < 4.78 is 32.0. The second kappa shape index (κ2) is 3.94. The van der Waals surface area contributed by atoms with Gasteiger partial charge in [-0.25, -0.2) is 0 Å². The monoisotopic (exact) mass is 250 g/mol. The molecule has 0 aliphatic carbocycles.